The zero-order chi connectivity index (χ0) is 13.0. The van der Waals surface area contributed by atoms with Crippen molar-refractivity contribution in [3.63, 3.8) is 0 Å². The summed E-state index contributed by atoms with van der Waals surface area (Å²) in [6.45, 7) is 5.54. The molecule has 2 N–H and O–H groups in total. The molecule has 100 valence electrons. The van der Waals surface area contributed by atoms with E-state index in [1.54, 1.807) is 17.1 Å². The molecule has 2 amide bonds. The van der Waals surface area contributed by atoms with Gasteiger partial charge in [0.05, 0.1) is 24.0 Å². The summed E-state index contributed by atoms with van der Waals surface area (Å²) >= 11 is 0. The van der Waals surface area contributed by atoms with Crippen LogP contribution in [0.15, 0.2) is 12.4 Å². The summed E-state index contributed by atoms with van der Waals surface area (Å²) in [5, 5.41) is 9.74. The van der Waals surface area contributed by atoms with Crippen LogP contribution in [-0.2, 0) is 11.3 Å². The van der Waals surface area contributed by atoms with Gasteiger partial charge in [-0.2, -0.15) is 5.10 Å². The van der Waals surface area contributed by atoms with Crippen molar-refractivity contribution in [2.24, 2.45) is 0 Å². The Labute approximate surface area is 107 Å². The van der Waals surface area contributed by atoms with E-state index in [9.17, 15) is 4.79 Å². The van der Waals surface area contributed by atoms with Crippen LogP contribution in [-0.4, -0.2) is 34.6 Å². The number of ether oxygens (including phenoxy) is 1. The van der Waals surface area contributed by atoms with Gasteiger partial charge in [-0.3, -0.25) is 4.68 Å². The van der Waals surface area contributed by atoms with E-state index in [4.69, 9.17) is 4.74 Å². The van der Waals surface area contributed by atoms with Gasteiger partial charge in [0.1, 0.15) is 0 Å². The minimum absolute atomic E-state index is 0.0220. The van der Waals surface area contributed by atoms with Gasteiger partial charge in [0, 0.05) is 19.3 Å². The molecule has 2 heterocycles. The van der Waals surface area contributed by atoms with Crippen molar-refractivity contribution in [3.05, 3.63) is 12.4 Å². The molecule has 1 fully saturated rings. The predicted molar refractivity (Wildman–Crippen MR) is 68.5 cm³/mol. The van der Waals surface area contributed by atoms with Crippen LogP contribution in [0.1, 0.15) is 26.7 Å². The Bertz CT molecular complexity index is 399. The van der Waals surface area contributed by atoms with Crippen LogP contribution in [0.5, 0.6) is 0 Å². The maximum absolute atomic E-state index is 11.8. The summed E-state index contributed by atoms with van der Waals surface area (Å²) in [6, 6.07) is -0.192. The van der Waals surface area contributed by atoms with Crippen LogP contribution in [0.25, 0.3) is 0 Å². The molecular formula is C12H20N4O2. The van der Waals surface area contributed by atoms with E-state index >= 15 is 0 Å². The largest absolute Gasteiger partial charge is 0.376 e. The highest BCUT2D eigenvalue weighted by Crippen LogP contribution is 2.15. The monoisotopic (exact) mass is 252 g/mol. The van der Waals surface area contributed by atoms with Crippen molar-refractivity contribution >= 4 is 11.7 Å². The lowest BCUT2D eigenvalue weighted by Crippen LogP contribution is -2.42. The number of carbonyl (C=O) groups is 1. The molecule has 0 bridgehead atoms. The standard InChI is InChI=1S/C12H20N4O2/c1-3-16-8-10(7-13-16)15-12(17)14-9(2)11-5-4-6-18-11/h7-9,11H,3-6H2,1-2H3,(H2,14,15,17)/t9-,11-/m0/s1. The number of nitrogens with zero attached hydrogens (tertiary/aromatic N) is 2. The molecule has 0 aromatic carbocycles. The highest BCUT2D eigenvalue weighted by Gasteiger charge is 2.23. The molecule has 0 radical (unpaired) electrons. The second-order valence-electron chi connectivity index (χ2n) is 4.52. The van der Waals surface area contributed by atoms with E-state index in [-0.39, 0.29) is 18.2 Å². The van der Waals surface area contributed by atoms with Crippen LogP contribution in [0.4, 0.5) is 10.5 Å². The number of urea groups is 1. The molecule has 18 heavy (non-hydrogen) atoms. The van der Waals surface area contributed by atoms with E-state index < -0.39 is 0 Å². The van der Waals surface area contributed by atoms with Gasteiger partial charge in [-0.1, -0.05) is 0 Å². The van der Waals surface area contributed by atoms with Crippen molar-refractivity contribution < 1.29 is 9.53 Å². The Hall–Kier alpha value is -1.56. The first-order valence-corrected chi connectivity index (χ1v) is 6.40. The van der Waals surface area contributed by atoms with Gasteiger partial charge in [0.25, 0.3) is 0 Å². The van der Waals surface area contributed by atoms with Crippen LogP contribution < -0.4 is 10.6 Å². The number of aryl methyl sites for hydroxylation is 1. The quantitative estimate of drug-likeness (QED) is 0.855. The Morgan fingerprint density at radius 2 is 2.56 bits per heavy atom. The van der Waals surface area contributed by atoms with Gasteiger partial charge in [-0.25, -0.2) is 4.79 Å². The number of nitrogens with one attached hydrogen (secondary N) is 2. The molecule has 2 atom stereocenters. The SMILES string of the molecule is CCn1cc(NC(=O)N[C@@H](C)[C@@H]2CCCO2)cn1. The molecule has 1 aliphatic rings. The molecule has 1 aliphatic heterocycles. The molecule has 6 nitrogen and oxygen atoms in total. The van der Waals surface area contributed by atoms with E-state index in [1.807, 2.05) is 13.8 Å². The van der Waals surface area contributed by atoms with Crippen molar-refractivity contribution in [2.75, 3.05) is 11.9 Å². The number of anilines is 1. The third kappa shape index (κ3) is 3.22. The molecule has 6 heteroatoms. The van der Waals surface area contributed by atoms with Gasteiger partial charge >= 0.3 is 6.03 Å². The lowest BCUT2D eigenvalue weighted by atomic mass is 10.1. The summed E-state index contributed by atoms with van der Waals surface area (Å²) in [6.07, 6.45) is 5.65. The van der Waals surface area contributed by atoms with Gasteiger partial charge in [-0.05, 0) is 26.7 Å². The smallest absolute Gasteiger partial charge is 0.319 e. The minimum atomic E-state index is -0.214. The van der Waals surface area contributed by atoms with Gasteiger partial charge in [0.2, 0.25) is 0 Å². The van der Waals surface area contributed by atoms with Crippen molar-refractivity contribution in [1.29, 1.82) is 0 Å². The van der Waals surface area contributed by atoms with E-state index in [2.05, 4.69) is 15.7 Å². The molecule has 1 saturated heterocycles. The first-order valence-electron chi connectivity index (χ1n) is 6.40. The van der Waals surface area contributed by atoms with Crippen LogP contribution in [0, 0.1) is 0 Å². The van der Waals surface area contributed by atoms with E-state index in [1.165, 1.54) is 0 Å². The molecule has 0 spiro atoms. The fraction of sp³-hybridized carbons (Fsp3) is 0.667. The summed E-state index contributed by atoms with van der Waals surface area (Å²) in [4.78, 5) is 11.8. The Morgan fingerprint density at radius 3 is 3.17 bits per heavy atom. The molecule has 2 rings (SSSR count). The highest BCUT2D eigenvalue weighted by molar-refractivity contribution is 5.89. The number of rotatable bonds is 4. The van der Waals surface area contributed by atoms with Crippen molar-refractivity contribution in [3.8, 4) is 0 Å². The highest BCUT2D eigenvalue weighted by atomic mass is 16.5. The number of carbonyl (C=O) groups excluding carboxylic acids is 1. The second kappa shape index (κ2) is 5.86. The zero-order valence-electron chi connectivity index (χ0n) is 10.8. The lowest BCUT2D eigenvalue weighted by Gasteiger charge is -2.19. The number of hydrogen-bond acceptors (Lipinski definition) is 3. The molecule has 0 saturated carbocycles. The Balaban J connectivity index is 1.80. The third-order valence-corrected chi connectivity index (χ3v) is 3.10. The van der Waals surface area contributed by atoms with Crippen molar-refractivity contribution in [2.45, 2.75) is 45.4 Å². The average molecular weight is 252 g/mol. The topological polar surface area (TPSA) is 68.2 Å². The van der Waals surface area contributed by atoms with Crippen LogP contribution >= 0.6 is 0 Å². The maximum atomic E-state index is 11.8. The third-order valence-electron chi connectivity index (χ3n) is 3.10. The molecule has 1 aromatic rings. The first kappa shape index (κ1) is 12.9. The minimum Gasteiger partial charge on any atom is -0.376 e. The van der Waals surface area contributed by atoms with E-state index in [0.29, 0.717) is 5.69 Å². The first-order chi connectivity index (χ1) is 8.69. The fourth-order valence-corrected chi connectivity index (χ4v) is 2.06. The number of hydrogen-bond donors (Lipinski definition) is 2. The second-order valence-corrected chi connectivity index (χ2v) is 4.52. The summed E-state index contributed by atoms with van der Waals surface area (Å²) < 4.78 is 7.29. The van der Waals surface area contributed by atoms with Crippen LogP contribution in [0.2, 0.25) is 0 Å². The fourth-order valence-electron chi connectivity index (χ4n) is 2.06. The molecular weight excluding hydrogens is 232 g/mol. The average Bonchev–Trinajstić information content (AvgIpc) is 2.98. The number of aromatic nitrogens is 2. The Morgan fingerprint density at radius 1 is 1.72 bits per heavy atom. The van der Waals surface area contributed by atoms with Gasteiger partial charge in [-0.15, -0.1) is 0 Å². The lowest BCUT2D eigenvalue weighted by molar-refractivity contribution is 0.0868. The number of amides is 2. The maximum Gasteiger partial charge on any atom is 0.319 e. The van der Waals surface area contributed by atoms with Gasteiger partial charge in [0.15, 0.2) is 0 Å². The summed E-state index contributed by atoms with van der Waals surface area (Å²) in [7, 11) is 0. The molecule has 1 aromatic heterocycles. The molecule has 0 aliphatic carbocycles. The summed E-state index contributed by atoms with van der Waals surface area (Å²) in [5.41, 5.74) is 0.703. The molecule has 0 unspecified atom stereocenters. The van der Waals surface area contributed by atoms with Crippen molar-refractivity contribution in [1.82, 2.24) is 15.1 Å². The van der Waals surface area contributed by atoms with Gasteiger partial charge < -0.3 is 15.4 Å². The zero-order valence-corrected chi connectivity index (χ0v) is 10.8. The van der Waals surface area contributed by atoms with E-state index in [0.717, 1.165) is 26.0 Å². The van der Waals surface area contributed by atoms with Crippen LogP contribution in [0.3, 0.4) is 0 Å². The normalized spacial score (nSPS) is 20.7. The summed E-state index contributed by atoms with van der Waals surface area (Å²) in [5.74, 6) is 0. The predicted octanol–water partition coefficient (Wildman–Crippen LogP) is 1.59. The Kier molecular flexibility index (Phi) is 4.19.